The van der Waals surface area contributed by atoms with Gasteiger partial charge in [-0.2, -0.15) is 0 Å². The summed E-state index contributed by atoms with van der Waals surface area (Å²) in [6.45, 7) is 6.14. The van der Waals surface area contributed by atoms with E-state index in [1.54, 1.807) is 0 Å². The van der Waals surface area contributed by atoms with E-state index < -0.39 is 0 Å². The molecule has 1 aliphatic carbocycles. The van der Waals surface area contributed by atoms with Crippen LogP contribution >= 0.6 is 0 Å². The molecule has 20 heavy (non-hydrogen) atoms. The van der Waals surface area contributed by atoms with Crippen LogP contribution in [-0.4, -0.2) is 35.6 Å². The first kappa shape index (κ1) is 17.0. The second-order valence-electron chi connectivity index (χ2n) is 6.68. The Morgan fingerprint density at radius 2 is 1.75 bits per heavy atom. The van der Waals surface area contributed by atoms with Gasteiger partial charge in [-0.1, -0.05) is 20.8 Å². The average molecular weight is 284 g/mol. The van der Waals surface area contributed by atoms with Gasteiger partial charge in [0.2, 0.25) is 11.8 Å². The minimum atomic E-state index is -0.384. The molecule has 5 nitrogen and oxygen atoms in total. The van der Waals surface area contributed by atoms with Gasteiger partial charge in [0.1, 0.15) is 0 Å². The molecule has 0 aromatic carbocycles. The van der Waals surface area contributed by atoms with Gasteiger partial charge < -0.3 is 15.7 Å². The van der Waals surface area contributed by atoms with Crippen molar-refractivity contribution in [1.82, 2.24) is 10.6 Å². The van der Waals surface area contributed by atoms with Gasteiger partial charge in [-0.05, 0) is 32.1 Å². The monoisotopic (exact) mass is 284 g/mol. The van der Waals surface area contributed by atoms with E-state index in [1.807, 2.05) is 20.8 Å². The summed E-state index contributed by atoms with van der Waals surface area (Å²) in [6, 6.07) is 0.204. The van der Waals surface area contributed by atoms with Gasteiger partial charge in [-0.3, -0.25) is 9.59 Å². The molecule has 1 saturated carbocycles. The van der Waals surface area contributed by atoms with Crippen molar-refractivity contribution in [3.63, 3.8) is 0 Å². The number of aliphatic hydroxyl groups is 1. The lowest BCUT2D eigenvalue weighted by Crippen LogP contribution is -2.39. The molecular weight excluding hydrogens is 256 g/mol. The zero-order valence-electron chi connectivity index (χ0n) is 12.9. The minimum Gasteiger partial charge on any atom is -0.393 e. The van der Waals surface area contributed by atoms with E-state index in [1.165, 1.54) is 0 Å². The van der Waals surface area contributed by atoms with Crippen LogP contribution in [0.15, 0.2) is 0 Å². The molecule has 0 spiro atoms. The highest BCUT2D eigenvalue weighted by Crippen LogP contribution is 2.18. The first-order chi connectivity index (χ1) is 9.29. The van der Waals surface area contributed by atoms with Crippen molar-refractivity contribution < 1.29 is 14.7 Å². The van der Waals surface area contributed by atoms with Crippen LogP contribution < -0.4 is 10.6 Å². The van der Waals surface area contributed by atoms with Crippen LogP contribution in [0.25, 0.3) is 0 Å². The normalized spacial score (nSPS) is 23.2. The molecule has 0 aromatic heterocycles. The summed E-state index contributed by atoms with van der Waals surface area (Å²) in [6.07, 6.45) is 4.14. The number of amides is 2. The third kappa shape index (κ3) is 6.37. The first-order valence-electron chi connectivity index (χ1n) is 7.55. The predicted octanol–water partition coefficient (Wildman–Crippen LogP) is 1.35. The highest BCUT2D eigenvalue weighted by Gasteiger charge is 2.21. The summed E-state index contributed by atoms with van der Waals surface area (Å²) in [5.41, 5.74) is -0.384. The standard InChI is InChI=1S/C15H28N2O3/c1-15(2,3)14(20)16-10-4-5-13(19)17-11-6-8-12(18)9-7-11/h11-12,18H,4-10H2,1-3H3,(H,16,20)(H,17,19). The lowest BCUT2D eigenvalue weighted by atomic mass is 9.93. The van der Waals surface area contributed by atoms with Crippen LogP contribution in [-0.2, 0) is 9.59 Å². The largest absolute Gasteiger partial charge is 0.393 e. The van der Waals surface area contributed by atoms with Crippen molar-refractivity contribution in [2.24, 2.45) is 5.41 Å². The number of hydrogen-bond acceptors (Lipinski definition) is 3. The Kier molecular flexibility index (Phi) is 6.46. The molecule has 2 amide bonds. The second-order valence-corrected chi connectivity index (χ2v) is 6.68. The van der Waals surface area contributed by atoms with Crippen molar-refractivity contribution in [2.75, 3.05) is 6.54 Å². The van der Waals surface area contributed by atoms with E-state index in [0.29, 0.717) is 19.4 Å². The Hall–Kier alpha value is -1.10. The maximum absolute atomic E-state index is 11.7. The van der Waals surface area contributed by atoms with Gasteiger partial charge in [-0.15, -0.1) is 0 Å². The van der Waals surface area contributed by atoms with Gasteiger partial charge in [0.05, 0.1) is 6.10 Å². The van der Waals surface area contributed by atoms with Crippen LogP contribution in [0.3, 0.4) is 0 Å². The molecule has 0 heterocycles. The fourth-order valence-electron chi connectivity index (χ4n) is 2.24. The predicted molar refractivity (Wildman–Crippen MR) is 78.1 cm³/mol. The smallest absolute Gasteiger partial charge is 0.225 e. The quantitative estimate of drug-likeness (QED) is 0.667. The van der Waals surface area contributed by atoms with Gasteiger partial charge in [0.25, 0.3) is 0 Å². The summed E-state index contributed by atoms with van der Waals surface area (Å²) in [7, 11) is 0. The highest BCUT2D eigenvalue weighted by atomic mass is 16.3. The van der Waals surface area contributed by atoms with Crippen LogP contribution in [0.2, 0.25) is 0 Å². The van der Waals surface area contributed by atoms with Crippen LogP contribution in [0.5, 0.6) is 0 Å². The van der Waals surface area contributed by atoms with Crippen LogP contribution in [0, 0.1) is 5.41 Å². The number of hydrogen-bond donors (Lipinski definition) is 3. The lowest BCUT2D eigenvalue weighted by molar-refractivity contribution is -0.128. The van der Waals surface area contributed by atoms with E-state index in [9.17, 15) is 14.7 Å². The molecule has 0 aliphatic heterocycles. The van der Waals surface area contributed by atoms with E-state index in [4.69, 9.17) is 0 Å². The topological polar surface area (TPSA) is 78.4 Å². The number of rotatable bonds is 5. The second kappa shape index (κ2) is 7.62. The minimum absolute atomic E-state index is 0.0131. The summed E-state index contributed by atoms with van der Waals surface area (Å²) < 4.78 is 0. The molecular formula is C15H28N2O3. The maximum Gasteiger partial charge on any atom is 0.225 e. The van der Waals surface area contributed by atoms with Crippen molar-refractivity contribution in [3.8, 4) is 0 Å². The molecule has 0 atom stereocenters. The Labute approximate surface area is 121 Å². The molecule has 0 aromatic rings. The number of carbonyl (C=O) groups excluding carboxylic acids is 2. The average Bonchev–Trinajstić information content (AvgIpc) is 2.36. The fraction of sp³-hybridized carbons (Fsp3) is 0.867. The van der Waals surface area contributed by atoms with Gasteiger partial charge >= 0.3 is 0 Å². The van der Waals surface area contributed by atoms with Crippen LogP contribution in [0.1, 0.15) is 59.3 Å². The van der Waals surface area contributed by atoms with E-state index in [2.05, 4.69) is 10.6 Å². The van der Waals surface area contributed by atoms with Crippen molar-refractivity contribution in [2.45, 2.75) is 71.4 Å². The number of aliphatic hydroxyl groups excluding tert-OH is 1. The van der Waals surface area contributed by atoms with Crippen LogP contribution in [0.4, 0.5) is 0 Å². The molecule has 3 N–H and O–H groups in total. The van der Waals surface area contributed by atoms with E-state index in [0.717, 1.165) is 25.7 Å². The molecule has 0 radical (unpaired) electrons. The summed E-state index contributed by atoms with van der Waals surface area (Å²) in [5.74, 6) is 0.0515. The van der Waals surface area contributed by atoms with Gasteiger partial charge in [0, 0.05) is 24.4 Å². The summed E-state index contributed by atoms with van der Waals surface area (Å²) in [4.78, 5) is 23.4. The zero-order chi connectivity index (χ0) is 15.2. The lowest BCUT2D eigenvalue weighted by Gasteiger charge is -2.26. The summed E-state index contributed by atoms with van der Waals surface area (Å²) in [5, 5.41) is 15.2. The molecule has 5 heteroatoms. The van der Waals surface area contributed by atoms with Crippen molar-refractivity contribution in [3.05, 3.63) is 0 Å². The Balaban J connectivity index is 2.10. The third-order valence-corrected chi connectivity index (χ3v) is 3.61. The Morgan fingerprint density at radius 3 is 2.30 bits per heavy atom. The molecule has 0 saturated heterocycles. The fourth-order valence-corrected chi connectivity index (χ4v) is 2.24. The molecule has 0 unspecified atom stereocenters. The van der Waals surface area contributed by atoms with E-state index >= 15 is 0 Å². The first-order valence-corrected chi connectivity index (χ1v) is 7.55. The SMILES string of the molecule is CC(C)(C)C(=O)NCCCC(=O)NC1CCC(O)CC1. The van der Waals surface area contributed by atoms with Gasteiger partial charge in [0.15, 0.2) is 0 Å². The third-order valence-electron chi connectivity index (χ3n) is 3.61. The van der Waals surface area contributed by atoms with E-state index in [-0.39, 0.29) is 29.4 Å². The molecule has 116 valence electrons. The highest BCUT2D eigenvalue weighted by molar-refractivity contribution is 5.81. The number of carbonyl (C=O) groups is 2. The van der Waals surface area contributed by atoms with Gasteiger partial charge in [-0.25, -0.2) is 0 Å². The molecule has 0 bridgehead atoms. The zero-order valence-corrected chi connectivity index (χ0v) is 12.9. The Morgan fingerprint density at radius 1 is 1.15 bits per heavy atom. The Bertz CT molecular complexity index is 329. The number of nitrogens with one attached hydrogen (secondary N) is 2. The van der Waals surface area contributed by atoms with Crippen molar-refractivity contribution in [1.29, 1.82) is 0 Å². The maximum atomic E-state index is 11.7. The summed E-state index contributed by atoms with van der Waals surface area (Å²) >= 11 is 0. The molecule has 1 fully saturated rings. The molecule has 1 rings (SSSR count). The molecule has 1 aliphatic rings. The van der Waals surface area contributed by atoms with Crippen molar-refractivity contribution >= 4 is 11.8 Å².